The highest BCUT2D eigenvalue weighted by Crippen LogP contribution is 2.04. The van der Waals surface area contributed by atoms with E-state index in [1.54, 1.807) is 25.1 Å². The second-order valence-corrected chi connectivity index (χ2v) is 3.59. The Morgan fingerprint density at radius 2 is 1.89 bits per heavy atom. The smallest absolute Gasteiger partial charge is 0.219 e. The van der Waals surface area contributed by atoms with Gasteiger partial charge in [0.05, 0.1) is 0 Å². The number of aromatic nitrogens is 1. The summed E-state index contributed by atoms with van der Waals surface area (Å²) in [6.07, 6.45) is 1.77. The third-order valence-electron chi connectivity index (χ3n) is 2.21. The first-order chi connectivity index (χ1) is 9.09. The second-order valence-electron chi connectivity index (χ2n) is 3.59. The molecule has 1 amide bonds. The molecular formula is C15H29N3O. The molecule has 0 saturated carbocycles. The summed E-state index contributed by atoms with van der Waals surface area (Å²) >= 11 is 0. The van der Waals surface area contributed by atoms with Crippen molar-refractivity contribution in [2.45, 2.75) is 41.5 Å². The molecule has 19 heavy (non-hydrogen) atoms. The predicted molar refractivity (Wildman–Crippen MR) is 83.5 cm³/mol. The predicted octanol–water partition coefficient (Wildman–Crippen LogP) is 3.33. The lowest BCUT2D eigenvalue weighted by atomic mass is 10.3. The van der Waals surface area contributed by atoms with E-state index in [9.17, 15) is 4.79 Å². The molecule has 0 aromatic carbocycles. The minimum atomic E-state index is 0.0778. The Morgan fingerprint density at radius 1 is 1.32 bits per heavy atom. The molecule has 1 N–H and O–H groups in total. The van der Waals surface area contributed by atoms with Gasteiger partial charge in [-0.2, -0.15) is 0 Å². The van der Waals surface area contributed by atoms with Gasteiger partial charge in [-0.1, -0.05) is 27.7 Å². The highest BCUT2D eigenvalue weighted by atomic mass is 16.2. The minimum absolute atomic E-state index is 0.0778. The number of carbonyl (C=O) groups excluding carboxylic acids is 1. The van der Waals surface area contributed by atoms with E-state index in [0.717, 1.165) is 5.82 Å². The summed E-state index contributed by atoms with van der Waals surface area (Å²) in [6.45, 7) is 13.0. The molecule has 0 aliphatic heterocycles. The van der Waals surface area contributed by atoms with Crippen LogP contribution in [0.5, 0.6) is 0 Å². The van der Waals surface area contributed by atoms with Crippen LogP contribution in [0.15, 0.2) is 18.3 Å². The molecule has 4 heteroatoms. The summed E-state index contributed by atoms with van der Waals surface area (Å²) < 4.78 is 0. The number of likely N-dealkylation sites (N-methyl/N-ethyl adjacent to an activating group) is 1. The zero-order valence-corrected chi connectivity index (χ0v) is 13.4. The Kier molecular flexibility index (Phi) is 13.4. The van der Waals surface area contributed by atoms with Gasteiger partial charge in [-0.15, -0.1) is 0 Å². The van der Waals surface area contributed by atoms with Crippen molar-refractivity contribution >= 4 is 11.7 Å². The normalized spacial score (nSPS) is 8.37. The van der Waals surface area contributed by atoms with Crippen molar-refractivity contribution in [2.75, 3.05) is 25.5 Å². The van der Waals surface area contributed by atoms with E-state index in [0.29, 0.717) is 13.1 Å². The van der Waals surface area contributed by atoms with Crippen LogP contribution in [0.4, 0.5) is 5.82 Å². The first-order valence-corrected chi connectivity index (χ1v) is 6.98. The maximum absolute atomic E-state index is 10.9. The third-order valence-corrected chi connectivity index (χ3v) is 2.21. The largest absolute Gasteiger partial charge is 0.368 e. The van der Waals surface area contributed by atoms with Gasteiger partial charge in [-0.3, -0.25) is 4.79 Å². The van der Waals surface area contributed by atoms with Crippen molar-refractivity contribution in [3.8, 4) is 0 Å². The molecule has 0 aliphatic rings. The van der Waals surface area contributed by atoms with Crippen LogP contribution in [0.3, 0.4) is 0 Å². The first kappa shape index (κ1) is 19.8. The summed E-state index contributed by atoms with van der Waals surface area (Å²) in [6, 6.07) is 3.93. The maximum Gasteiger partial charge on any atom is 0.219 e. The van der Waals surface area contributed by atoms with E-state index in [-0.39, 0.29) is 5.91 Å². The SMILES string of the molecule is CC.CC.CC(=O)N(C)CCNc1cc(C)ccn1. The Labute approximate surface area is 118 Å². The number of nitrogens with zero attached hydrogens (tertiary/aromatic N) is 2. The van der Waals surface area contributed by atoms with Gasteiger partial charge in [0.25, 0.3) is 0 Å². The average Bonchev–Trinajstić information content (AvgIpc) is 2.43. The van der Waals surface area contributed by atoms with Gasteiger partial charge in [-0.05, 0) is 24.6 Å². The number of rotatable bonds is 4. The lowest BCUT2D eigenvalue weighted by Gasteiger charge is -2.15. The fraction of sp³-hybridized carbons (Fsp3) is 0.600. The monoisotopic (exact) mass is 267 g/mol. The molecular weight excluding hydrogens is 238 g/mol. The average molecular weight is 267 g/mol. The van der Waals surface area contributed by atoms with Gasteiger partial charge >= 0.3 is 0 Å². The third kappa shape index (κ3) is 10.1. The summed E-state index contributed by atoms with van der Waals surface area (Å²) in [5.74, 6) is 0.931. The van der Waals surface area contributed by atoms with Gasteiger partial charge < -0.3 is 10.2 Å². The number of pyridine rings is 1. The Hall–Kier alpha value is -1.58. The molecule has 0 aliphatic carbocycles. The van der Waals surface area contributed by atoms with E-state index >= 15 is 0 Å². The van der Waals surface area contributed by atoms with Crippen molar-refractivity contribution in [3.05, 3.63) is 23.9 Å². The Morgan fingerprint density at radius 3 is 2.37 bits per heavy atom. The second kappa shape index (κ2) is 12.9. The number of hydrogen-bond donors (Lipinski definition) is 1. The highest BCUT2D eigenvalue weighted by molar-refractivity contribution is 5.72. The van der Waals surface area contributed by atoms with E-state index < -0.39 is 0 Å². The molecule has 0 bridgehead atoms. The molecule has 0 atom stereocenters. The fourth-order valence-electron chi connectivity index (χ4n) is 1.14. The van der Waals surface area contributed by atoms with Crippen molar-refractivity contribution < 1.29 is 4.79 Å². The number of anilines is 1. The van der Waals surface area contributed by atoms with E-state index in [4.69, 9.17) is 0 Å². The molecule has 110 valence electrons. The summed E-state index contributed by atoms with van der Waals surface area (Å²) in [7, 11) is 1.79. The van der Waals surface area contributed by atoms with Gasteiger partial charge in [0.2, 0.25) is 5.91 Å². The van der Waals surface area contributed by atoms with Crippen LogP contribution in [0.25, 0.3) is 0 Å². The molecule has 1 rings (SSSR count). The van der Waals surface area contributed by atoms with Gasteiger partial charge in [-0.25, -0.2) is 4.98 Å². The quantitative estimate of drug-likeness (QED) is 0.910. The van der Waals surface area contributed by atoms with Crippen LogP contribution in [-0.2, 0) is 4.79 Å². The Bertz CT molecular complexity index is 340. The van der Waals surface area contributed by atoms with Crippen LogP contribution in [-0.4, -0.2) is 35.9 Å². The topological polar surface area (TPSA) is 45.2 Å². The van der Waals surface area contributed by atoms with E-state index in [1.165, 1.54) is 5.56 Å². The summed E-state index contributed by atoms with van der Waals surface area (Å²) in [5, 5.41) is 3.17. The molecule has 0 saturated heterocycles. The molecule has 0 fully saturated rings. The number of hydrogen-bond acceptors (Lipinski definition) is 3. The number of nitrogens with one attached hydrogen (secondary N) is 1. The first-order valence-electron chi connectivity index (χ1n) is 6.98. The van der Waals surface area contributed by atoms with Crippen molar-refractivity contribution in [2.24, 2.45) is 0 Å². The van der Waals surface area contributed by atoms with Crippen LogP contribution in [0.2, 0.25) is 0 Å². The minimum Gasteiger partial charge on any atom is -0.368 e. The van der Waals surface area contributed by atoms with Gasteiger partial charge in [0.1, 0.15) is 5.82 Å². The number of amides is 1. The summed E-state index contributed by atoms with van der Waals surface area (Å²) in [5.41, 5.74) is 1.17. The lowest BCUT2D eigenvalue weighted by molar-refractivity contribution is -0.127. The van der Waals surface area contributed by atoms with Crippen molar-refractivity contribution in [3.63, 3.8) is 0 Å². The van der Waals surface area contributed by atoms with Gasteiger partial charge in [0.15, 0.2) is 0 Å². The van der Waals surface area contributed by atoms with Crippen molar-refractivity contribution in [1.29, 1.82) is 0 Å². The number of aryl methyl sites for hydroxylation is 1. The van der Waals surface area contributed by atoms with E-state index in [1.807, 2.05) is 46.8 Å². The zero-order valence-electron chi connectivity index (χ0n) is 13.4. The fourth-order valence-corrected chi connectivity index (χ4v) is 1.14. The molecule has 1 aromatic rings. The molecule has 1 heterocycles. The number of carbonyl (C=O) groups is 1. The van der Waals surface area contributed by atoms with Crippen LogP contribution in [0.1, 0.15) is 40.2 Å². The highest BCUT2D eigenvalue weighted by Gasteiger charge is 2.00. The Balaban J connectivity index is 0. The van der Waals surface area contributed by atoms with Crippen LogP contribution < -0.4 is 5.32 Å². The van der Waals surface area contributed by atoms with Crippen LogP contribution in [0, 0.1) is 6.92 Å². The molecule has 4 nitrogen and oxygen atoms in total. The zero-order chi connectivity index (χ0) is 15.3. The lowest BCUT2D eigenvalue weighted by Crippen LogP contribution is -2.29. The standard InChI is InChI=1S/C11H17N3O.2C2H6/c1-9-4-5-12-11(8-9)13-6-7-14(3)10(2)15;2*1-2/h4-5,8H,6-7H2,1-3H3,(H,12,13);2*1-2H3. The maximum atomic E-state index is 10.9. The molecule has 0 radical (unpaired) electrons. The van der Waals surface area contributed by atoms with Gasteiger partial charge in [0, 0.05) is 33.3 Å². The molecule has 0 unspecified atom stereocenters. The molecule has 0 spiro atoms. The van der Waals surface area contributed by atoms with E-state index in [2.05, 4.69) is 10.3 Å². The van der Waals surface area contributed by atoms with Crippen molar-refractivity contribution in [1.82, 2.24) is 9.88 Å². The van der Waals surface area contributed by atoms with Crippen LogP contribution >= 0.6 is 0 Å². The summed E-state index contributed by atoms with van der Waals surface area (Å²) in [4.78, 5) is 16.8. The molecule has 1 aromatic heterocycles.